The van der Waals surface area contributed by atoms with E-state index in [9.17, 15) is 19.3 Å². The molecule has 6 nitrogen and oxygen atoms in total. The maximum Gasteiger partial charge on any atom is 0.274 e. The van der Waals surface area contributed by atoms with Gasteiger partial charge < -0.3 is 10.2 Å². The van der Waals surface area contributed by atoms with E-state index in [0.717, 1.165) is 18.2 Å². The predicted octanol–water partition coefficient (Wildman–Crippen LogP) is 1.30. The van der Waals surface area contributed by atoms with Crippen molar-refractivity contribution in [3.8, 4) is 0 Å². The first-order chi connectivity index (χ1) is 8.82. The minimum absolute atomic E-state index is 0.0504. The van der Waals surface area contributed by atoms with Crippen molar-refractivity contribution < 1.29 is 14.1 Å². The van der Waals surface area contributed by atoms with E-state index in [2.05, 4.69) is 5.32 Å². The van der Waals surface area contributed by atoms with E-state index in [4.69, 9.17) is 0 Å². The Morgan fingerprint density at radius 1 is 1.53 bits per heavy atom. The lowest BCUT2D eigenvalue weighted by molar-refractivity contribution is -0.385. The minimum atomic E-state index is -0.575. The zero-order chi connectivity index (χ0) is 14.6. The van der Waals surface area contributed by atoms with E-state index in [1.807, 2.05) is 0 Å². The standard InChI is InChI=1S/C12H16FN3O3/c1-8(12(17)15(2)3)14-7-9-6-10(13)4-5-11(9)16(18)19/h4-6,8,14H,7H2,1-3H3. The van der Waals surface area contributed by atoms with Crippen LogP contribution in [0, 0.1) is 15.9 Å². The molecule has 0 aliphatic carbocycles. The van der Waals surface area contributed by atoms with E-state index in [1.54, 1.807) is 21.0 Å². The smallest absolute Gasteiger partial charge is 0.274 e. The molecule has 104 valence electrons. The van der Waals surface area contributed by atoms with Crippen LogP contribution in [0.3, 0.4) is 0 Å². The monoisotopic (exact) mass is 269 g/mol. The van der Waals surface area contributed by atoms with Gasteiger partial charge in [-0.3, -0.25) is 14.9 Å². The first kappa shape index (κ1) is 15.0. The number of halogens is 1. The quantitative estimate of drug-likeness (QED) is 0.645. The fraction of sp³-hybridized carbons (Fsp3) is 0.417. The van der Waals surface area contributed by atoms with Crippen molar-refractivity contribution in [2.75, 3.05) is 14.1 Å². The number of likely N-dealkylation sites (N-methyl/N-ethyl adjacent to an activating group) is 1. The van der Waals surface area contributed by atoms with Gasteiger partial charge in [0.15, 0.2) is 0 Å². The normalized spacial score (nSPS) is 12.0. The molecule has 1 aromatic rings. The van der Waals surface area contributed by atoms with Crippen LogP contribution in [0.1, 0.15) is 12.5 Å². The molecule has 0 radical (unpaired) electrons. The molecule has 0 aromatic heterocycles. The third-order valence-electron chi connectivity index (χ3n) is 2.65. The third kappa shape index (κ3) is 3.99. The number of nitro groups is 1. The number of hydrogen-bond donors (Lipinski definition) is 1. The second kappa shape index (κ2) is 6.24. The van der Waals surface area contributed by atoms with Gasteiger partial charge in [0.1, 0.15) is 5.82 Å². The molecular formula is C12H16FN3O3. The number of carbonyl (C=O) groups is 1. The number of hydrogen-bond acceptors (Lipinski definition) is 4. The summed E-state index contributed by atoms with van der Waals surface area (Å²) in [7, 11) is 3.23. The van der Waals surface area contributed by atoms with Crippen molar-refractivity contribution in [3.05, 3.63) is 39.7 Å². The summed E-state index contributed by atoms with van der Waals surface area (Å²) in [5.41, 5.74) is 0.0433. The van der Waals surface area contributed by atoms with Crippen LogP contribution in [-0.2, 0) is 11.3 Å². The Hall–Kier alpha value is -2.02. The van der Waals surface area contributed by atoms with Gasteiger partial charge in [-0.05, 0) is 19.1 Å². The lowest BCUT2D eigenvalue weighted by Gasteiger charge is -2.18. The fourth-order valence-corrected chi connectivity index (χ4v) is 1.61. The molecule has 0 aliphatic rings. The molecule has 19 heavy (non-hydrogen) atoms. The second-order valence-electron chi connectivity index (χ2n) is 4.37. The summed E-state index contributed by atoms with van der Waals surface area (Å²) in [6.07, 6.45) is 0. The summed E-state index contributed by atoms with van der Waals surface area (Å²) >= 11 is 0. The summed E-state index contributed by atoms with van der Waals surface area (Å²) in [6, 6.07) is 2.75. The number of nitrogens with zero attached hydrogens (tertiary/aromatic N) is 2. The second-order valence-corrected chi connectivity index (χ2v) is 4.37. The van der Waals surface area contributed by atoms with Crippen LogP contribution in [0.5, 0.6) is 0 Å². The third-order valence-corrected chi connectivity index (χ3v) is 2.65. The van der Waals surface area contributed by atoms with Crippen LogP contribution in [-0.4, -0.2) is 35.9 Å². The summed E-state index contributed by atoms with van der Waals surface area (Å²) < 4.78 is 13.1. The lowest BCUT2D eigenvalue weighted by atomic mass is 10.1. The first-order valence-electron chi connectivity index (χ1n) is 5.70. The summed E-state index contributed by atoms with van der Waals surface area (Å²) in [5.74, 6) is -0.701. The van der Waals surface area contributed by atoms with Gasteiger partial charge >= 0.3 is 0 Å². The maximum absolute atomic E-state index is 13.1. The number of nitrogens with one attached hydrogen (secondary N) is 1. The van der Waals surface area contributed by atoms with Gasteiger partial charge in [-0.2, -0.15) is 0 Å². The molecule has 1 N–H and O–H groups in total. The van der Waals surface area contributed by atoms with Crippen molar-refractivity contribution >= 4 is 11.6 Å². The zero-order valence-corrected chi connectivity index (χ0v) is 11.0. The molecule has 1 atom stereocenters. The highest BCUT2D eigenvalue weighted by atomic mass is 19.1. The van der Waals surface area contributed by atoms with Crippen molar-refractivity contribution in [2.24, 2.45) is 0 Å². The van der Waals surface area contributed by atoms with Crippen LogP contribution in [0.4, 0.5) is 10.1 Å². The number of rotatable bonds is 5. The molecule has 7 heteroatoms. The molecule has 1 aromatic carbocycles. The Kier molecular flexibility index (Phi) is 4.94. The van der Waals surface area contributed by atoms with Crippen molar-refractivity contribution in [2.45, 2.75) is 19.5 Å². The van der Waals surface area contributed by atoms with Gasteiger partial charge in [0, 0.05) is 32.3 Å². The topological polar surface area (TPSA) is 75.5 Å². The highest BCUT2D eigenvalue weighted by Gasteiger charge is 2.18. The van der Waals surface area contributed by atoms with E-state index in [-0.39, 0.29) is 23.7 Å². The van der Waals surface area contributed by atoms with E-state index in [0.29, 0.717) is 0 Å². The average Bonchev–Trinajstić information content (AvgIpc) is 2.34. The Bertz CT molecular complexity index is 491. The SMILES string of the molecule is CC(NCc1cc(F)ccc1[N+](=O)[O-])C(=O)N(C)C. The zero-order valence-electron chi connectivity index (χ0n) is 11.0. The predicted molar refractivity (Wildman–Crippen MR) is 68.1 cm³/mol. The van der Waals surface area contributed by atoms with Crippen molar-refractivity contribution in [1.29, 1.82) is 0 Å². The molecule has 0 heterocycles. The van der Waals surface area contributed by atoms with Gasteiger partial charge in [-0.25, -0.2) is 4.39 Å². The van der Waals surface area contributed by atoms with Gasteiger partial charge in [0.2, 0.25) is 5.91 Å². The van der Waals surface area contributed by atoms with Crippen LogP contribution in [0.15, 0.2) is 18.2 Å². The largest absolute Gasteiger partial charge is 0.347 e. The molecule has 1 unspecified atom stereocenters. The van der Waals surface area contributed by atoms with Gasteiger partial charge in [0.05, 0.1) is 11.0 Å². The Labute approximate surface area is 110 Å². The van der Waals surface area contributed by atoms with Crippen molar-refractivity contribution in [1.82, 2.24) is 10.2 Å². The maximum atomic E-state index is 13.1. The highest BCUT2D eigenvalue weighted by Crippen LogP contribution is 2.19. The van der Waals surface area contributed by atoms with Crippen LogP contribution in [0.2, 0.25) is 0 Å². The molecular weight excluding hydrogens is 253 g/mol. The molecule has 0 fully saturated rings. The minimum Gasteiger partial charge on any atom is -0.347 e. The lowest BCUT2D eigenvalue weighted by Crippen LogP contribution is -2.41. The summed E-state index contributed by atoms with van der Waals surface area (Å²) in [4.78, 5) is 23.2. The number of amides is 1. The molecule has 0 saturated carbocycles. The Morgan fingerprint density at radius 3 is 2.68 bits per heavy atom. The molecule has 0 spiro atoms. The molecule has 1 amide bonds. The average molecular weight is 269 g/mol. The Balaban J connectivity index is 2.80. The molecule has 0 bridgehead atoms. The van der Waals surface area contributed by atoms with Crippen LogP contribution >= 0.6 is 0 Å². The van der Waals surface area contributed by atoms with Crippen LogP contribution < -0.4 is 5.32 Å². The van der Waals surface area contributed by atoms with E-state index < -0.39 is 16.8 Å². The van der Waals surface area contributed by atoms with E-state index in [1.165, 1.54) is 4.90 Å². The van der Waals surface area contributed by atoms with E-state index >= 15 is 0 Å². The Morgan fingerprint density at radius 2 is 2.16 bits per heavy atom. The van der Waals surface area contributed by atoms with Crippen molar-refractivity contribution in [3.63, 3.8) is 0 Å². The highest BCUT2D eigenvalue weighted by molar-refractivity contribution is 5.80. The molecule has 0 saturated heterocycles. The summed E-state index contributed by atoms with van der Waals surface area (Å²) in [5, 5.41) is 13.6. The first-order valence-corrected chi connectivity index (χ1v) is 5.70. The van der Waals surface area contributed by atoms with Gasteiger partial charge in [-0.1, -0.05) is 0 Å². The number of benzene rings is 1. The van der Waals surface area contributed by atoms with Gasteiger partial charge in [-0.15, -0.1) is 0 Å². The van der Waals surface area contributed by atoms with Crippen LogP contribution in [0.25, 0.3) is 0 Å². The molecule has 0 aliphatic heterocycles. The summed E-state index contributed by atoms with van der Waals surface area (Å²) in [6.45, 7) is 1.70. The number of nitro benzene ring substituents is 1. The number of carbonyl (C=O) groups excluding carboxylic acids is 1. The fourth-order valence-electron chi connectivity index (χ4n) is 1.61. The van der Waals surface area contributed by atoms with Gasteiger partial charge in [0.25, 0.3) is 5.69 Å². The molecule has 1 rings (SSSR count).